The summed E-state index contributed by atoms with van der Waals surface area (Å²) in [6, 6.07) is 0. The van der Waals surface area contributed by atoms with Gasteiger partial charge in [-0.05, 0) is 26.5 Å². The van der Waals surface area contributed by atoms with E-state index in [0.717, 1.165) is 32.7 Å². The third-order valence-electron chi connectivity index (χ3n) is 15.2. The van der Waals surface area contributed by atoms with Crippen LogP contribution in [0.3, 0.4) is 0 Å². The number of likely N-dealkylation sites (N-methyl/N-ethyl adjacent to an activating group) is 1. The number of hydrogen-bond acceptors (Lipinski definition) is 17. The Kier molecular flexibility index (Phi) is 16.2. The number of nitrogens with one attached hydrogen (secondary N) is 3. The van der Waals surface area contributed by atoms with Crippen LogP contribution in [0.4, 0.5) is 0 Å². The molecule has 7 aliphatic rings. The number of benzene rings is 1. The summed E-state index contributed by atoms with van der Waals surface area (Å²) in [6.45, 7) is 20.2. The van der Waals surface area contributed by atoms with Gasteiger partial charge in [-0.2, -0.15) is 0 Å². The Labute approximate surface area is 424 Å². The molecule has 9 atom stereocenters. The molecule has 70 heavy (non-hydrogen) atoms. The summed E-state index contributed by atoms with van der Waals surface area (Å²) in [7, 11) is 3.49. The van der Waals surface area contributed by atoms with Gasteiger partial charge in [-0.3, -0.25) is 33.9 Å². The largest absolute Gasteiger partial charge is 0.507 e. The lowest BCUT2D eigenvalue weighted by atomic mass is 9.76. The van der Waals surface area contributed by atoms with Crippen molar-refractivity contribution in [3.05, 3.63) is 46.0 Å². The number of aromatic hydroxyl groups is 1. The maximum Gasteiger partial charge on any atom is 0.315 e. The maximum atomic E-state index is 14.9. The number of aliphatic hydroxyl groups is 2. The highest BCUT2D eigenvalue weighted by molar-refractivity contribution is 14.1. The van der Waals surface area contributed by atoms with Gasteiger partial charge in [0, 0.05) is 124 Å². The second kappa shape index (κ2) is 21.1. The number of phenolic OH excluding ortho intramolecular Hbond substituents is 1. The number of alkyl halides is 1. The van der Waals surface area contributed by atoms with Crippen LogP contribution in [-0.4, -0.2) is 178 Å². The molecule has 19 nitrogen and oxygen atoms in total. The van der Waals surface area contributed by atoms with E-state index >= 15 is 0 Å². The molecule has 0 aromatic heterocycles. The molecule has 0 radical (unpaired) electrons. The number of ether oxygens (including phenoxy) is 4. The molecule has 1 unspecified atom stereocenters. The molecule has 1 aromatic carbocycles. The van der Waals surface area contributed by atoms with Gasteiger partial charge in [0.2, 0.25) is 17.6 Å². The van der Waals surface area contributed by atoms with E-state index in [1.807, 2.05) is 0 Å². The van der Waals surface area contributed by atoms with Crippen molar-refractivity contribution in [1.29, 1.82) is 0 Å². The standard InChI is InChI=1S/C50H72IN7O12/c1-26(51)25-58-15-12-50(13-16-58)54-38-35-36-42(63)30(5)45-37(35)46(65)49(8,70-45)68-22-11-32(67-10)28(3)44(69-34(61)23-33(60)52-14-17-57-20-18-56(9)19-21-57)29(4)41(62)27(2)31(59)24-48(6,7)47(66)53-40(43(36)64)39(38)55-50/h11,22,26-29,31-32,41,44,55,59,62-63H,12-21,23-25H2,1-10H3,(H,52,60)(H,53,66)/b22-11+/t26?,27-,28-,29-,31+,32+,41-,44-,49+/m1/s1. The van der Waals surface area contributed by atoms with Crippen molar-refractivity contribution >= 4 is 57.7 Å². The smallest absolute Gasteiger partial charge is 0.315 e. The number of aliphatic imine (C=N–C) groups is 1. The van der Waals surface area contributed by atoms with Gasteiger partial charge in [0.1, 0.15) is 35.4 Å². The number of esters is 1. The van der Waals surface area contributed by atoms with E-state index in [1.165, 1.54) is 33.3 Å². The quantitative estimate of drug-likeness (QED) is 0.0902. The molecular formula is C50H72IN7O12. The molecule has 8 rings (SSSR count). The number of hydrogen-bond donors (Lipinski definition) is 6. The summed E-state index contributed by atoms with van der Waals surface area (Å²) in [4.78, 5) is 83.0. The number of ketones is 2. The van der Waals surface area contributed by atoms with Gasteiger partial charge < -0.3 is 60.0 Å². The van der Waals surface area contributed by atoms with Gasteiger partial charge in [-0.25, -0.2) is 0 Å². The molecular weight excluding hydrogens is 1020 g/mol. The number of amides is 2. The van der Waals surface area contributed by atoms with E-state index in [2.05, 4.69) is 67.2 Å². The normalized spacial score (nSPS) is 31.5. The number of carbonyl (C=O) groups excluding carboxylic acids is 5. The molecule has 6 aliphatic heterocycles. The van der Waals surface area contributed by atoms with Gasteiger partial charge in [0.05, 0.1) is 47.1 Å². The molecule has 386 valence electrons. The number of rotatable bonds is 9. The van der Waals surface area contributed by atoms with Crippen molar-refractivity contribution in [3.8, 4) is 11.5 Å². The Morgan fingerprint density at radius 3 is 2.29 bits per heavy atom. The second-order valence-corrected chi connectivity index (χ2v) is 23.2. The fourth-order valence-electron chi connectivity index (χ4n) is 10.6. The Hall–Kier alpha value is -4.19. The van der Waals surface area contributed by atoms with Gasteiger partial charge in [0.15, 0.2) is 0 Å². The van der Waals surface area contributed by atoms with Crippen LogP contribution < -0.4 is 20.7 Å². The van der Waals surface area contributed by atoms with E-state index < -0.39 is 101 Å². The molecule has 2 amide bonds. The zero-order chi connectivity index (χ0) is 51.2. The van der Waals surface area contributed by atoms with Crippen molar-refractivity contribution in [2.75, 3.05) is 73.1 Å². The third kappa shape index (κ3) is 10.8. The van der Waals surface area contributed by atoms with Crippen LogP contribution in [0.25, 0.3) is 0 Å². The number of fused-ring (bicyclic) bond motifs is 12. The van der Waals surface area contributed by atoms with E-state index in [9.17, 15) is 39.3 Å². The molecule has 0 saturated carbocycles. The minimum atomic E-state index is -2.01. The summed E-state index contributed by atoms with van der Waals surface area (Å²) in [6.07, 6.45) is -1.49. The Balaban J connectivity index is 1.23. The van der Waals surface area contributed by atoms with Crippen LogP contribution in [0.15, 0.2) is 28.7 Å². The van der Waals surface area contributed by atoms with Crippen LogP contribution >= 0.6 is 22.6 Å². The lowest BCUT2D eigenvalue weighted by molar-refractivity contribution is -0.164. The van der Waals surface area contributed by atoms with Gasteiger partial charge in [0.25, 0.3) is 5.78 Å². The van der Waals surface area contributed by atoms with E-state index in [1.54, 1.807) is 34.6 Å². The number of piperazine rings is 1. The molecule has 6 heterocycles. The summed E-state index contributed by atoms with van der Waals surface area (Å²) in [5.74, 6) is -8.31. The molecule has 2 fully saturated rings. The molecule has 5 bridgehead atoms. The minimum absolute atomic E-state index is 0.00693. The molecule has 6 N–H and O–H groups in total. The third-order valence-corrected chi connectivity index (χ3v) is 15.6. The van der Waals surface area contributed by atoms with Crippen LogP contribution in [0, 0.1) is 30.1 Å². The van der Waals surface area contributed by atoms with Crippen molar-refractivity contribution in [2.24, 2.45) is 28.2 Å². The summed E-state index contributed by atoms with van der Waals surface area (Å²) >= 11 is 2.39. The number of methoxy groups -OCH3 is 1. The minimum Gasteiger partial charge on any atom is -0.507 e. The van der Waals surface area contributed by atoms with Crippen LogP contribution in [0.1, 0.15) is 106 Å². The Morgan fingerprint density at radius 2 is 1.64 bits per heavy atom. The SMILES string of the molecule is CO[C@H]1/C=C/O[C@@]2(C)Oc3c(C)c(O)c4c(c3C2=O)C2=NC3(CCN(CC(C)I)CC3)NC2=C(NC(=O)C(C)(C)C[C@H](O)[C@@H](C)[C@@H](O)[C@@H](C)[C@H](OC(=O)CC(=O)NCCN2CCN(C)CC2)[C@@H]1C)C4=O. The molecule has 20 heteroatoms. The number of nitrogens with zero attached hydrogens (tertiary/aromatic N) is 4. The topological polar surface area (TPSA) is 241 Å². The first-order valence-electron chi connectivity index (χ1n) is 24.5. The molecule has 1 spiro atoms. The number of Topliss-reactive ketones (excluding diaryl/α,β-unsaturated/α-hetero) is 2. The zero-order valence-electron chi connectivity index (χ0n) is 42.1. The fourth-order valence-corrected chi connectivity index (χ4v) is 11.1. The summed E-state index contributed by atoms with van der Waals surface area (Å²) < 4.78 is 24.8. The predicted molar refractivity (Wildman–Crippen MR) is 268 cm³/mol. The van der Waals surface area contributed by atoms with Crippen molar-refractivity contribution in [3.63, 3.8) is 0 Å². The Bertz CT molecular complexity index is 2320. The van der Waals surface area contributed by atoms with Crippen LogP contribution in [0.2, 0.25) is 0 Å². The highest BCUT2D eigenvalue weighted by Crippen LogP contribution is 2.50. The van der Waals surface area contributed by atoms with E-state index in [0.29, 0.717) is 42.9 Å². The number of carbonyl (C=O) groups is 5. The highest BCUT2D eigenvalue weighted by Gasteiger charge is 2.55. The van der Waals surface area contributed by atoms with Crippen molar-refractivity contribution in [1.82, 2.24) is 30.7 Å². The lowest BCUT2D eigenvalue weighted by Crippen LogP contribution is -2.51. The number of halogens is 1. The highest BCUT2D eigenvalue weighted by atomic mass is 127. The molecule has 1 aromatic rings. The van der Waals surface area contributed by atoms with Crippen molar-refractivity contribution in [2.45, 2.75) is 121 Å². The summed E-state index contributed by atoms with van der Waals surface area (Å²) in [5.41, 5.74) is -2.06. The number of aliphatic hydroxyl groups excluding tert-OH is 2. The maximum absolute atomic E-state index is 14.9. The average Bonchev–Trinajstić information content (AvgIpc) is 3.80. The van der Waals surface area contributed by atoms with E-state index in [-0.39, 0.29) is 51.5 Å². The predicted octanol–water partition coefficient (Wildman–Crippen LogP) is 2.79. The van der Waals surface area contributed by atoms with Crippen LogP contribution in [-0.2, 0) is 28.6 Å². The van der Waals surface area contributed by atoms with Crippen molar-refractivity contribution < 1.29 is 58.2 Å². The lowest BCUT2D eigenvalue weighted by Gasteiger charge is -2.38. The first kappa shape index (κ1) is 53.6. The van der Waals surface area contributed by atoms with Crippen LogP contribution in [0.5, 0.6) is 11.5 Å². The molecule has 1 aliphatic carbocycles. The average molecular weight is 1090 g/mol. The number of phenols is 1. The van der Waals surface area contributed by atoms with Gasteiger partial charge >= 0.3 is 11.8 Å². The number of likely N-dealkylation sites (tertiary alicyclic amines) is 1. The Morgan fingerprint density at radius 1 is 0.971 bits per heavy atom. The second-order valence-electron chi connectivity index (χ2n) is 21.0. The summed E-state index contributed by atoms with van der Waals surface area (Å²) in [5, 5.41) is 44.9. The first-order chi connectivity index (χ1) is 32.9. The first-order valence-corrected chi connectivity index (χ1v) is 25.7. The van der Waals surface area contributed by atoms with Gasteiger partial charge in [-0.1, -0.05) is 64.1 Å². The van der Waals surface area contributed by atoms with E-state index in [4.69, 9.17) is 23.9 Å². The number of piperidine rings is 1. The monoisotopic (exact) mass is 1090 g/mol. The zero-order valence-corrected chi connectivity index (χ0v) is 44.3. The van der Waals surface area contributed by atoms with Gasteiger partial charge in [-0.15, -0.1) is 0 Å². The number of allylic oxidation sites excluding steroid dienone is 2. The molecule has 2 saturated heterocycles. The fraction of sp³-hybridized carbons (Fsp3) is 0.680.